The first kappa shape index (κ1) is 31.0. The molecule has 1 heterocycles. The maximum absolute atomic E-state index is 13.7. The molecule has 222 valence electrons. The summed E-state index contributed by atoms with van der Waals surface area (Å²) in [4.78, 5) is 14.6. The number of ether oxygens (including phenoxy) is 4. The molecule has 0 radical (unpaired) electrons. The molecule has 1 amide bonds. The minimum atomic E-state index is -1.19. The Bertz CT molecular complexity index is 1300. The zero-order valence-electron chi connectivity index (χ0n) is 25.2. The van der Waals surface area contributed by atoms with Crippen LogP contribution in [0.2, 0.25) is 25.7 Å². The van der Waals surface area contributed by atoms with Gasteiger partial charge < -0.3 is 23.8 Å². The SMILES string of the molecule is CC(C)(C)OC(=O)N1CCC(c2ccc(F)cc2)C(OCc2cc3ccccc3cc2OCOCC[Si](C)(C)C)C1. The number of hydrogen-bond acceptors (Lipinski definition) is 5. The standard InChI is InChI=1S/C33H44FNO5Si/c1-33(2,3)40-32(36)35-16-15-29(24-11-13-28(34)14-12-24)31(21-35)38-22-27-19-25-9-7-8-10-26(25)20-30(27)39-23-37-17-18-41(4,5)6/h7-14,19-20,29,31H,15-18,21-23H2,1-6H3. The zero-order valence-corrected chi connectivity index (χ0v) is 26.2. The number of halogens is 1. The number of carbonyl (C=O) groups excluding carboxylic acids is 1. The van der Waals surface area contributed by atoms with Crippen molar-refractivity contribution in [1.82, 2.24) is 4.90 Å². The minimum absolute atomic E-state index is 0.00371. The van der Waals surface area contributed by atoms with Crippen molar-refractivity contribution in [3.63, 3.8) is 0 Å². The first-order valence-corrected chi connectivity index (χ1v) is 18.2. The Morgan fingerprint density at radius 1 is 1.02 bits per heavy atom. The molecular weight excluding hydrogens is 537 g/mol. The first-order valence-electron chi connectivity index (χ1n) is 14.5. The van der Waals surface area contributed by atoms with E-state index in [1.807, 2.05) is 51.1 Å². The van der Waals surface area contributed by atoms with Crippen LogP contribution in [0.25, 0.3) is 10.8 Å². The number of likely N-dealkylation sites (tertiary alicyclic amines) is 1. The molecule has 2 unspecified atom stereocenters. The Morgan fingerprint density at radius 3 is 2.37 bits per heavy atom. The van der Waals surface area contributed by atoms with E-state index in [-0.39, 0.29) is 30.7 Å². The van der Waals surface area contributed by atoms with E-state index in [0.29, 0.717) is 32.7 Å². The molecule has 2 atom stereocenters. The number of fused-ring (bicyclic) bond motifs is 1. The number of amides is 1. The average molecular weight is 582 g/mol. The Balaban J connectivity index is 1.52. The summed E-state index contributed by atoms with van der Waals surface area (Å²) in [6.45, 7) is 14.6. The van der Waals surface area contributed by atoms with Gasteiger partial charge in [-0.25, -0.2) is 9.18 Å². The predicted molar refractivity (Wildman–Crippen MR) is 164 cm³/mol. The lowest BCUT2D eigenvalue weighted by Crippen LogP contribution is -2.48. The lowest BCUT2D eigenvalue weighted by molar-refractivity contribution is -0.0373. The summed E-state index contributed by atoms with van der Waals surface area (Å²) < 4.78 is 37.9. The van der Waals surface area contributed by atoms with E-state index in [9.17, 15) is 9.18 Å². The molecule has 0 aliphatic carbocycles. The van der Waals surface area contributed by atoms with Gasteiger partial charge in [-0.15, -0.1) is 0 Å². The van der Waals surface area contributed by atoms with Gasteiger partial charge in [-0.3, -0.25) is 0 Å². The number of carbonyl (C=O) groups is 1. The molecule has 1 aliphatic heterocycles. The summed E-state index contributed by atoms with van der Waals surface area (Å²) >= 11 is 0. The topological polar surface area (TPSA) is 57.2 Å². The molecule has 0 spiro atoms. The molecule has 0 saturated carbocycles. The zero-order chi connectivity index (χ0) is 29.6. The number of nitrogens with zero attached hydrogens (tertiary/aromatic N) is 1. The summed E-state index contributed by atoms with van der Waals surface area (Å²) in [5.74, 6) is 0.446. The number of benzene rings is 3. The van der Waals surface area contributed by atoms with Crippen LogP contribution in [0.15, 0.2) is 60.7 Å². The van der Waals surface area contributed by atoms with E-state index in [4.69, 9.17) is 18.9 Å². The van der Waals surface area contributed by atoms with Crippen LogP contribution >= 0.6 is 0 Å². The fourth-order valence-corrected chi connectivity index (χ4v) is 5.68. The van der Waals surface area contributed by atoms with Gasteiger partial charge in [0, 0.05) is 32.7 Å². The molecule has 3 aromatic rings. The third-order valence-electron chi connectivity index (χ3n) is 7.18. The molecule has 1 saturated heterocycles. The van der Waals surface area contributed by atoms with Gasteiger partial charge in [-0.05, 0) is 73.8 Å². The highest BCUT2D eigenvalue weighted by atomic mass is 28.3. The van der Waals surface area contributed by atoms with Crippen molar-refractivity contribution in [2.75, 3.05) is 26.5 Å². The maximum Gasteiger partial charge on any atom is 0.410 e. The van der Waals surface area contributed by atoms with Gasteiger partial charge in [0.05, 0.1) is 19.3 Å². The summed E-state index contributed by atoms with van der Waals surface area (Å²) in [6, 6.07) is 19.9. The molecule has 3 aromatic carbocycles. The maximum atomic E-state index is 13.7. The van der Waals surface area contributed by atoms with Crippen LogP contribution in [-0.4, -0.2) is 57.3 Å². The van der Waals surface area contributed by atoms with Crippen molar-refractivity contribution in [1.29, 1.82) is 0 Å². The van der Waals surface area contributed by atoms with E-state index in [0.717, 1.165) is 33.7 Å². The van der Waals surface area contributed by atoms with E-state index < -0.39 is 13.7 Å². The van der Waals surface area contributed by atoms with E-state index >= 15 is 0 Å². The van der Waals surface area contributed by atoms with Crippen LogP contribution in [-0.2, 0) is 20.8 Å². The molecular formula is C33H44FNO5Si. The van der Waals surface area contributed by atoms with Crippen molar-refractivity contribution < 1.29 is 28.1 Å². The summed E-state index contributed by atoms with van der Waals surface area (Å²) in [5.41, 5.74) is 1.31. The van der Waals surface area contributed by atoms with Crippen molar-refractivity contribution in [3.8, 4) is 5.75 Å². The number of rotatable bonds is 10. The van der Waals surface area contributed by atoms with E-state index in [1.165, 1.54) is 12.1 Å². The molecule has 8 heteroatoms. The molecule has 1 aliphatic rings. The Hall–Kier alpha value is -2.94. The van der Waals surface area contributed by atoms with Gasteiger partial charge >= 0.3 is 6.09 Å². The molecule has 0 N–H and O–H groups in total. The second-order valence-corrected chi connectivity index (χ2v) is 18.6. The van der Waals surface area contributed by atoms with Crippen molar-refractivity contribution in [2.45, 2.75) is 77.1 Å². The number of hydrogen-bond donors (Lipinski definition) is 0. The largest absolute Gasteiger partial charge is 0.467 e. The van der Waals surface area contributed by atoms with E-state index in [1.54, 1.807) is 4.90 Å². The summed E-state index contributed by atoms with van der Waals surface area (Å²) in [7, 11) is -1.19. The van der Waals surface area contributed by atoms with Crippen molar-refractivity contribution >= 4 is 24.9 Å². The third-order valence-corrected chi connectivity index (χ3v) is 8.89. The molecule has 41 heavy (non-hydrogen) atoms. The molecule has 4 rings (SSSR count). The normalized spacial score (nSPS) is 18.0. The molecule has 0 bridgehead atoms. The summed E-state index contributed by atoms with van der Waals surface area (Å²) in [6.07, 6.45) is 0.0181. The van der Waals surface area contributed by atoms with Gasteiger partial charge in [-0.2, -0.15) is 0 Å². The average Bonchev–Trinajstić information content (AvgIpc) is 2.90. The summed E-state index contributed by atoms with van der Waals surface area (Å²) in [5, 5.41) is 2.17. The van der Waals surface area contributed by atoms with Gasteiger partial charge in [0.25, 0.3) is 0 Å². The van der Waals surface area contributed by atoms with Crippen LogP contribution in [0.3, 0.4) is 0 Å². The highest BCUT2D eigenvalue weighted by molar-refractivity contribution is 6.76. The second kappa shape index (κ2) is 13.4. The van der Waals surface area contributed by atoms with Gasteiger partial charge in [-0.1, -0.05) is 56.0 Å². The molecule has 6 nitrogen and oxygen atoms in total. The quantitative estimate of drug-likeness (QED) is 0.138. The monoisotopic (exact) mass is 581 g/mol. The van der Waals surface area contributed by atoms with Gasteiger partial charge in [0.1, 0.15) is 17.2 Å². The number of piperidine rings is 1. The van der Waals surface area contributed by atoms with Crippen LogP contribution in [0.5, 0.6) is 5.75 Å². The Labute approximate surface area is 244 Å². The van der Waals surface area contributed by atoms with Crippen LogP contribution in [0, 0.1) is 5.82 Å². The van der Waals surface area contributed by atoms with Crippen LogP contribution in [0.4, 0.5) is 9.18 Å². The van der Waals surface area contributed by atoms with Crippen molar-refractivity contribution in [2.24, 2.45) is 0 Å². The molecule has 0 aromatic heterocycles. The fraction of sp³-hybridized carbons (Fsp3) is 0.485. The molecule has 1 fully saturated rings. The third kappa shape index (κ3) is 9.28. The lowest BCUT2D eigenvalue weighted by atomic mass is 9.87. The van der Waals surface area contributed by atoms with Gasteiger partial charge in [0.15, 0.2) is 6.79 Å². The van der Waals surface area contributed by atoms with Crippen LogP contribution in [0.1, 0.15) is 44.2 Å². The fourth-order valence-electron chi connectivity index (χ4n) is 4.92. The highest BCUT2D eigenvalue weighted by Gasteiger charge is 2.35. The van der Waals surface area contributed by atoms with Gasteiger partial charge in [0.2, 0.25) is 0 Å². The highest BCUT2D eigenvalue weighted by Crippen LogP contribution is 2.34. The van der Waals surface area contributed by atoms with Crippen LogP contribution < -0.4 is 4.74 Å². The van der Waals surface area contributed by atoms with E-state index in [2.05, 4.69) is 37.8 Å². The van der Waals surface area contributed by atoms with Crippen molar-refractivity contribution in [3.05, 3.63) is 77.6 Å². The smallest absolute Gasteiger partial charge is 0.410 e. The Morgan fingerprint density at radius 2 is 1.71 bits per heavy atom. The lowest BCUT2D eigenvalue weighted by Gasteiger charge is -2.39. The first-order chi connectivity index (χ1) is 19.4. The minimum Gasteiger partial charge on any atom is -0.467 e. The Kier molecular flexibility index (Phi) is 10.1. The predicted octanol–water partition coefficient (Wildman–Crippen LogP) is 7.98. The second-order valence-electron chi connectivity index (χ2n) is 13.0.